The number of rotatable bonds is 4. The highest BCUT2D eigenvalue weighted by atomic mass is 32.1. The zero-order valence-corrected chi connectivity index (χ0v) is 14.0. The molecule has 0 radical (unpaired) electrons. The molecule has 0 saturated carbocycles. The van der Waals surface area contributed by atoms with E-state index in [2.05, 4.69) is 27.8 Å². The highest BCUT2D eigenvalue weighted by Gasteiger charge is 2.16. The molecule has 0 bridgehead atoms. The van der Waals surface area contributed by atoms with E-state index in [1.807, 2.05) is 17.5 Å². The lowest BCUT2D eigenvalue weighted by Gasteiger charge is -2.17. The zero-order valence-electron chi connectivity index (χ0n) is 13.2. The first kappa shape index (κ1) is 16.4. The van der Waals surface area contributed by atoms with E-state index in [1.165, 1.54) is 0 Å². The maximum absolute atomic E-state index is 12.0. The van der Waals surface area contributed by atoms with Gasteiger partial charge in [-0.25, -0.2) is 4.98 Å². The topological polar surface area (TPSA) is 71.1 Å². The van der Waals surface area contributed by atoms with Crippen LogP contribution in [-0.2, 0) is 9.59 Å². The van der Waals surface area contributed by atoms with Crippen molar-refractivity contribution in [2.45, 2.75) is 19.3 Å². The van der Waals surface area contributed by atoms with Gasteiger partial charge >= 0.3 is 11.8 Å². The smallest absolute Gasteiger partial charge is 0.313 e. The van der Waals surface area contributed by atoms with Gasteiger partial charge in [0.2, 0.25) is 0 Å². The molecule has 0 fully saturated rings. The summed E-state index contributed by atoms with van der Waals surface area (Å²) in [4.78, 5) is 28.1. The summed E-state index contributed by atoms with van der Waals surface area (Å²) < 4.78 is 0. The van der Waals surface area contributed by atoms with Crippen LogP contribution in [0.3, 0.4) is 0 Å². The van der Waals surface area contributed by atoms with Crippen molar-refractivity contribution in [1.82, 2.24) is 10.3 Å². The number of nitrogens with one attached hydrogen (secondary N) is 2. The predicted molar refractivity (Wildman–Crippen MR) is 95.7 cm³/mol. The lowest BCUT2D eigenvalue weighted by molar-refractivity contribution is -0.136. The minimum atomic E-state index is -0.636. The average Bonchev–Trinajstić information content (AvgIpc) is 3.16. The molecule has 24 heavy (non-hydrogen) atoms. The van der Waals surface area contributed by atoms with Crippen molar-refractivity contribution >= 4 is 28.8 Å². The van der Waals surface area contributed by atoms with E-state index in [0.717, 1.165) is 29.8 Å². The summed E-state index contributed by atoms with van der Waals surface area (Å²) in [6.45, 7) is 0.541. The summed E-state index contributed by atoms with van der Waals surface area (Å²) in [5.74, 6) is -0.804. The van der Waals surface area contributed by atoms with Crippen LogP contribution in [0.1, 0.15) is 19.3 Å². The molecule has 1 aliphatic rings. The maximum atomic E-state index is 12.0. The van der Waals surface area contributed by atoms with Crippen molar-refractivity contribution in [2.75, 3.05) is 11.9 Å². The summed E-state index contributed by atoms with van der Waals surface area (Å²) in [6, 6.07) is 7.29. The molecule has 5 nitrogen and oxygen atoms in total. The third kappa shape index (κ3) is 4.29. The number of anilines is 1. The van der Waals surface area contributed by atoms with E-state index in [4.69, 9.17) is 0 Å². The number of hydrogen-bond donors (Lipinski definition) is 2. The Morgan fingerprint density at radius 3 is 2.67 bits per heavy atom. The fourth-order valence-electron chi connectivity index (χ4n) is 2.61. The van der Waals surface area contributed by atoms with Crippen molar-refractivity contribution in [2.24, 2.45) is 5.92 Å². The van der Waals surface area contributed by atoms with Gasteiger partial charge in [-0.15, -0.1) is 11.3 Å². The van der Waals surface area contributed by atoms with Gasteiger partial charge in [0.25, 0.3) is 0 Å². The Balaban J connectivity index is 1.50. The number of allylic oxidation sites excluding steroid dienone is 2. The number of thiazole rings is 1. The van der Waals surface area contributed by atoms with Crippen LogP contribution in [0, 0.1) is 5.92 Å². The monoisotopic (exact) mass is 341 g/mol. The fraction of sp³-hybridized carbons (Fsp3) is 0.278. The molecule has 1 aromatic heterocycles. The number of aromatic nitrogens is 1. The summed E-state index contributed by atoms with van der Waals surface area (Å²) in [7, 11) is 0. The molecule has 2 amide bonds. The van der Waals surface area contributed by atoms with Gasteiger partial charge in [-0.3, -0.25) is 9.59 Å². The molecular weight excluding hydrogens is 322 g/mol. The second-order valence-electron chi connectivity index (χ2n) is 5.73. The molecule has 1 heterocycles. The molecule has 3 rings (SSSR count). The van der Waals surface area contributed by atoms with Crippen LogP contribution in [0.2, 0.25) is 0 Å². The van der Waals surface area contributed by atoms with Gasteiger partial charge in [0.05, 0.1) is 0 Å². The van der Waals surface area contributed by atoms with E-state index in [-0.39, 0.29) is 0 Å². The van der Waals surface area contributed by atoms with Gasteiger partial charge in [0, 0.05) is 29.4 Å². The van der Waals surface area contributed by atoms with Crippen LogP contribution >= 0.6 is 11.3 Å². The normalized spacial score (nSPS) is 16.6. The maximum Gasteiger partial charge on any atom is 0.313 e. The molecule has 2 aromatic rings. The molecular formula is C18H19N3O2S. The summed E-state index contributed by atoms with van der Waals surface area (Å²) in [6.07, 6.45) is 9.09. The number of amides is 2. The standard InChI is InChI=1S/C18H19N3O2S/c22-16(20-12-13-4-2-1-3-5-13)17(23)21-15-8-6-14(7-9-15)18-19-10-11-24-18/h1-2,6-11,13H,3-5,12H2,(H,20,22)(H,21,23). The number of benzene rings is 1. The summed E-state index contributed by atoms with van der Waals surface area (Å²) >= 11 is 1.55. The minimum absolute atomic E-state index is 0.421. The first-order chi connectivity index (χ1) is 11.7. The van der Waals surface area contributed by atoms with Gasteiger partial charge in [-0.2, -0.15) is 0 Å². The van der Waals surface area contributed by atoms with Crippen LogP contribution in [0.4, 0.5) is 5.69 Å². The Hall–Kier alpha value is -2.47. The molecule has 0 spiro atoms. The van der Waals surface area contributed by atoms with Crippen molar-refractivity contribution < 1.29 is 9.59 Å². The van der Waals surface area contributed by atoms with Crippen LogP contribution in [0.5, 0.6) is 0 Å². The van der Waals surface area contributed by atoms with Gasteiger partial charge in [0.15, 0.2) is 0 Å². The van der Waals surface area contributed by atoms with Crippen LogP contribution in [0.15, 0.2) is 48.0 Å². The molecule has 1 aromatic carbocycles. The second kappa shape index (κ2) is 7.88. The van der Waals surface area contributed by atoms with Gasteiger partial charge in [-0.1, -0.05) is 12.2 Å². The molecule has 1 atom stereocenters. The lowest BCUT2D eigenvalue weighted by atomic mass is 9.94. The Labute approximate surface area is 144 Å². The Morgan fingerprint density at radius 1 is 1.17 bits per heavy atom. The van der Waals surface area contributed by atoms with E-state index in [0.29, 0.717) is 18.2 Å². The molecule has 0 aliphatic heterocycles. The van der Waals surface area contributed by atoms with E-state index >= 15 is 0 Å². The van der Waals surface area contributed by atoms with Crippen LogP contribution in [-0.4, -0.2) is 23.3 Å². The third-order valence-electron chi connectivity index (χ3n) is 3.96. The Bertz CT molecular complexity index is 723. The SMILES string of the molecule is O=C(NCC1CC=CCC1)C(=O)Nc1ccc(-c2nccs2)cc1. The van der Waals surface area contributed by atoms with E-state index in [1.54, 1.807) is 29.7 Å². The molecule has 2 N–H and O–H groups in total. The predicted octanol–water partition coefficient (Wildman–Crippen LogP) is 3.22. The Kier molecular flexibility index (Phi) is 5.38. The van der Waals surface area contributed by atoms with Crippen LogP contribution in [0.25, 0.3) is 10.6 Å². The van der Waals surface area contributed by atoms with Gasteiger partial charge in [0.1, 0.15) is 5.01 Å². The highest BCUT2D eigenvalue weighted by molar-refractivity contribution is 7.13. The fourth-order valence-corrected chi connectivity index (χ4v) is 3.25. The number of carbonyl (C=O) groups excluding carboxylic acids is 2. The quantitative estimate of drug-likeness (QED) is 0.662. The van der Waals surface area contributed by atoms with Crippen molar-refractivity contribution in [3.8, 4) is 10.6 Å². The van der Waals surface area contributed by atoms with Gasteiger partial charge < -0.3 is 10.6 Å². The first-order valence-corrected chi connectivity index (χ1v) is 8.84. The number of hydrogen-bond acceptors (Lipinski definition) is 4. The molecule has 1 unspecified atom stereocenters. The van der Waals surface area contributed by atoms with Crippen molar-refractivity contribution in [3.63, 3.8) is 0 Å². The summed E-state index contributed by atoms with van der Waals surface area (Å²) in [5.41, 5.74) is 1.58. The molecule has 6 heteroatoms. The largest absolute Gasteiger partial charge is 0.348 e. The van der Waals surface area contributed by atoms with E-state index in [9.17, 15) is 9.59 Å². The highest BCUT2D eigenvalue weighted by Crippen LogP contribution is 2.23. The second-order valence-corrected chi connectivity index (χ2v) is 6.62. The first-order valence-electron chi connectivity index (χ1n) is 7.96. The molecule has 0 saturated heterocycles. The summed E-state index contributed by atoms with van der Waals surface area (Å²) in [5, 5.41) is 8.17. The molecule has 1 aliphatic carbocycles. The minimum Gasteiger partial charge on any atom is -0.348 e. The van der Waals surface area contributed by atoms with Gasteiger partial charge in [-0.05, 0) is 49.4 Å². The lowest BCUT2D eigenvalue weighted by Crippen LogP contribution is -2.38. The number of nitrogens with zero attached hydrogens (tertiary/aromatic N) is 1. The average molecular weight is 341 g/mol. The number of carbonyl (C=O) groups is 2. The third-order valence-corrected chi connectivity index (χ3v) is 4.78. The zero-order chi connectivity index (χ0) is 16.8. The van der Waals surface area contributed by atoms with Crippen molar-refractivity contribution in [1.29, 1.82) is 0 Å². The Morgan fingerprint density at radius 2 is 2.00 bits per heavy atom. The molecule has 124 valence electrons. The van der Waals surface area contributed by atoms with Crippen molar-refractivity contribution in [3.05, 3.63) is 48.0 Å². The van der Waals surface area contributed by atoms with E-state index < -0.39 is 11.8 Å². The van der Waals surface area contributed by atoms with Crippen LogP contribution < -0.4 is 10.6 Å².